The fraction of sp³-hybridized carbons (Fsp3) is 0.400. The molecular formula is C25H31N3O7S. The van der Waals surface area contributed by atoms with E-state index >= 15 is 0 Å². The zero-order chi connectivity index (χ0) is 26.1. The highest BCUT2D eigenvalue weighted by molar-refractivity contribution is 7.92. The maximum atomic E-state index is 12.6. The molecular weight excluding hydrogens is 486 g/mol. The zero-order valence-corrected chi connectivity index (χ0v) is 21.3. The summed E-state index contributed by atoms with van der Waals surface area (Å²) < 4.78 is 36.2. The van der Waals surface area contributed by atoms with Crippen LogP contribution in [0.2, 0.25) is 0 Å². The highest BCUT2D eigenvalue weighted by Gasteiger charge is 2.23. The van der Waals surface area contributed by atoms with Crippen LogP contribution < -0.4 is 9.62 Å². The first-order valence-corrected chi connectivity index (χ1v) is 13.6. The van der Waals surface area contributed by atoms with E-state index in [1.807, 2.05) is 6.92 Å². The summed E-state index contributed by atoms with van der Waals surface area (Å²) in [5.41, 5.74) is 1.45. The molecule has 0 radical (unpaired) electrons. The maximum absolute atomic E-state index is 12.6. The molecule has 0 bridgehead atoms. The molecule has 0 aromatic heterocycles. The van der Waals surface area contributed by atoms with E-state index in [1.54, 1.807) is 29.2 Å². The summed E-state index contributed by atoms with van der Waals surface area (Å²) in [4.78, 5) is 39.0. The molecule has 0 aliphatic carbocycles. The molecule has 0 unspecified atom stereocenters. The van der Waals surface area contributed by atoms with Crippen LogP contribution in [0.4, 0.5) is 11.4 Å². The summed E-state index contributed by atoms with van der Waals surface area (Å²) in [7, 11) is -3.79. The Labute approximate surface area is 211 Å². The lowest BCUT2D eigenvalue weighted by molar-refractivity contribution is -0.114. The standard InChI is InChI=1S/C25H31N3O7S/c1-3-4-15-35-25(31)20-5-9-21(10-6-20)26-23(29)18-28(36(2,32)33)22-11-7-19(8-12-22)24(30)27-13-16-34-17-14-27/h5-12H,3-4,13-18H2,1-2H3,(H,26,29). The van der Waals surface area contributed by atoms with Crippen molar-refractivity contribution >= 4 is 39.2 Å². The zero-order valence-electron chi connectivity index (χ0n) is 20.4. The van der Waals surface area contributed by atoms with Crippen LogP contribution >= 0.6 is 0 Å². The van der Waals surface area contributed by atoms with Gasteiger partial charge in [-0.15, -0.1) is 0 Å². The number of nitrogens with zero attached hydrogens (tertiary/aromatic N) is 2. The predicted octanol–water partition coefficient (Wildman–Crippen LogP) is 2.52. The van der Waals surface area contributed by atoms with Crippen LogP contribution in [-0.4, -0.2) is 76.8 Å². The van der Waals surface area contributed by atoms with Gasteiger partial charge < -0.3 is 19.7 Å². The highest BCUT2D eigenvalue weighted by Crippen LogP contribution is 2.20. The monoisotopic (exact) mass is 517 g/mol. The number of carbonyl (C=O) groups excluding carboxylic acids is 3. The molecule has 1 heterocycles. The first-order chi connectivity index (χ1) is 17.2. The molecule has 10 nitrogen and oxygen atoms in total. The van der Waals surface area contributed by atoms with E-state index in [2.05, 4.69) is 5.32 Å². The van der Waals surface area contributed by atoms with E-state index in [9.17, 15) is 22.8 Å². The van der Waals surface area contributed by atoms with Gasteiger partial charge in [0.2, 0.25) is 15.9 Å². The minimum Gasteiger partial charge on any atom is -0.462 e. The third-order valence-electron chi connectivity index (χ3n) is 5.52. The molecule has 1 aliphatic rings. The number of nitrogens with one attached hydrogen (secondary N) is 1. The van der Waals surface area contributed by atoms with E-state index in [0.29, 0.717) is 49.7 Å². The number of rotatable bonds is 10. The van der Waals surface area contributed by atoms with Gasteiger partial charge in [0.25, 0.3) is 5.91 Å². The van der Waals surface area contributed by atoms with Gasteiger partial charge >= 0.3 is 5.97 Å². The number of anilines is 2. The molecule has 36 heavy (non-hydrogen) atoms. The van der Waals surface area contributed by atoms with Crippen LogP contribution in [0.3, 0.4) is 0 Å². The third kappa shape index (κ3) is 7.53. The van der Waals surface area contributed by atoms with Gasteiger partial charge in [0.1, 0.15) is 6.54 Å². The topological polar surface area (TPSA) is 122 Å². The number of ether oxygens (including phenoxy) is 2. The number of sulfonamides is 1. The lowest BCUT2D eigenvalue weighted by Crippen LogP contribution is -2.40. The van der Waals surface area contributed by atoms with Crippen LogP contribution in [0, 0.1) is 0 Å². The number of esters is 1. The molecule has 2 aromatic rings. The summed E-state index contributed by atoms with van der Waals surface area (Å²) in [5.74, 6) is -1.17. The molecule has 2 aromatic carbocycles. The number of unbranched alkanes of at least 4 members (excludes halogenated alkanes) is 1. The highest BCUT2D eigenvalue weighted by atomic mass is 32.2. The van der Waals surface area contributed by atoms with E-state index < -0.39 is 28.4 Å². The quantitative estimate of drug-likeness (QED) is 0.380. The normalized spacial score (nSPS) is 13.7. The molecule has 0 spiro atoms. The molecule has 194 valence electrons. The second kappa shape index (κ2) is 12.5. The smallest absolute Gasteiger partial charge is 0.338 e. The molecule has 1 fully saturated rings. The summed E-state index contributed by atoms with van der Waals surface area (Å²) in [6.07, 6.45) is 2.70. The average molecular weight is 518 g/mol. The van der Waals surface area contributed by atoms with Crippen LogP contribution in [0.1, 0.15) is 40.5 Å². The molecule has 1 saturated heterocycles. The largest absolute Gasteiger partial charge is 0.462 e. The van der Waals surface area contributed by atoms with Crippen molar-refractivity contribution in [3.05, 3.63) is 59.7 Å². The first-order valence-electron chi connectivity index (χ1n) is 11.7. The number of hydrogen-bond donors (Lipinski definition) is 1. The number of benzene rings is 2. The van der Waals surface area contributed by atoms with Gasteiger partial charge in [0.05, 0.1) is 37.3 Å². The van der Waals surface area contributed by atoms with Gasteiger partial charge in [-0.25, -0.2) is 13.2 Å². The molecule has 11 heteroatoms. The van der Waals surface area contributed by atoms with Crippen LogP contribution in [0.5, 0.6) is 0 Å². The number of amides is 2. The lowest BCUT2D eigenvalue weighted by Gasteiger charge is -2.27. The van der Waals surface area contributed by atoms with E-state index in [-0.39, 0.29) is 11.6 Å². The van der Waals surface area contributed by atoms with Crippen molar-refractivity contribution < 1.29 is 32.3 Å². The first kappa shape index (κ1) is 27.2. The third-order valence-corrected chi connectivity index (χ3v) is 6.66. The Balaban J connectivity index is 1.64. The number of carbonyl (C=O) groups is 3. The van der Waals surface area contributed by atoms with Crippen molar-refractivity contribution in [3.8, 4) is 0 Å². The van der Waals surface area contributed by atoms with Crippen LogP contribution in [0.25, 0.3) is 0 Å². The maximum Gasteiger partial charge on any atom is 0.338 e. The molecule has 0 saturated carbocycles. The Kier molecular flexibility index (Phi) is 9.43. The van der Waals surface area contributed by atoms with Gasteiger partial charge in [-0.05, 0) is 55.0 Å². The Bertz CT molecular complexity index is 1160. The lowest BCUT2D eigenvalue weighted by atomic mass is 10.1. The second-order valence-electron chi connectivity index (χ2n) is 8.34. The summed E-state index contributed by atoms with van der Waals surface area (Å²) in [5, 5.41) is 2.64. The Morgan fingerprint density at radius 1 is 1.00 bits per heavy atom. The van der Waals surface area contributed by atoms with Crippen molar-refractivity contribution in [1.82, 2.24) is 4.90 Å². The Hall–Kier alpha value is -3.44. The van der Waals surface area contributed by atoms with Gasteiger partial charge in [0, 0.05) is 24.3 Å². The van der Waals surface area contributed by atoms with Crippen molar-refractivity contribution in [2.45, 2.75) is 19.8 Å². The Morgan fingerprint density at radius 2 is 1.61 bits per heavy atom. The van der Waals surface area contributed by atoms with E-state index in [0.717, 1.165) is 23.4 Å². The predicted molar refractivity (Wildman–Crippen MR) is 136 cm³/mol. The van der Waals surface area contributed by atoms with Gasteiger partial charge in [-0.2, -0.15) is 0 Å². The van der Waals surface area contributed by atoms with E-state index in [4.69, 9.17) is 9.47 Å². The molecule has 0 atom stereocenters. The van der Waals surface area contributed by atoms with Crippen molar-refractivity contribution in [1.29, 1.82) is 0 Å². The molecule has 3 rings (SSSR count). The second-order valence-corrected chi connectivity index (χ2v) is 10.2. The Morgan fingerprint density at radius 3 is 2.19 bits per heavy atom. The molecule has 1 aliphatic heterocycles. The van der Waals surface area contributed by atoms with Crippen LogP contribution in [-0.2, 0) is 24.3 Å². The summed E-state index contributed by atoms with van der Waals surface area (Å²) >= 11 is 0. The molecule has 1 N–H and O–H groups in total. The summed E-state index contributed by atoms with van der Waals surface area (Å²) in [6.45, 7) is 3.83. The minimum atomic E-state index is -3.79. The SMILES string of the molecule is CCCCOC(=O)c1ccc(NC(=O)CN(c2ccc(C(=O)N3CCOCC3)cc2)S(C)(=O)=O)cc1. The van der Waals surface area contributed by atoms with Crippen molar-refractivity contribution in [3.63, 3.8) is 0 Å². The van der Waals surface area contributed by atoms with Crippen molar-refractivity contribution in [2.75, 3.05) is 55.3 Å². The van der Waals surface area contributed by atoms with Crippen molar-refractivity contribution in [2.24, 2.45) is 0 Å². The number of morpholine rings is 1. The van der Waals surface area contributed by atoms with Gasteiger partial charge in [-0.1, -0.05) is 13.3 Å². The van der Waals surface area contributed by atoms with Gasteiger partial charge in [0.15, 0.2) is 0 Å². The average Bonchev–Trinajstić information content (AvgIpc) is 2.87. The van der Waals surface area contributed by atoms with Gasteiger partial charge in [-0.3, -0.25) is 13.9 Å². The van der Waals surface area contributed by atoms with Crippen LogP contribution in [0.15, 0.2) is 48.5 Å². The molecule has 2 amide bonds. The van der Waals surface area contributed by atoms with E-state index in [1.165, 1.54) is 24.3 Å². The summed E-state index contributed by atoms with van der Waals surface area (Å²) in [6, 6.07) is 12.2. The fourth-order valence-electron chi connectivity index (χ4n) is 3.53. The minimum absolute atomic E-state index is 0.161. The fourth-order valence-corrected chi connectivity index (χ4v) is 4.39. The number of hydrogen-bond acceptors (Lipinski definition) is 7.